The van der Waals surface area contributed by atoms with E-state index in [9.17, 15) is 9.90 Å². The Bertz CT molecular complexity index is 776. The number of carbonyl (C=O) groups excluding carboxylic acids is 1. The monoisotopic (exact) mass is 360 g/mol. The van der Waals surface area contributed by atoms with Crippen LogP contribution in [0.4, 0.5) is 0 Å². The van der Waals surface area contributed by atoms with Gasteiger partial charge in [0.1, 0.15) is 12.4 Å². The molecule has 1 saturated carbocycles. The van der Waals surface area contributed by atoms with E-state index in [1.807, 2.05) is 16.9 Å². The number of hydrogen-bond donors (Lipinski definition) is 2. The van der Waals surface area contributed by atoms with Gasteiger partial charge in [-0.3, -0.25) is 4.79 Å². The first kappa shape index (κ1) is 16.7. The van der Waals surface area contributed by atoms with Crippen molar-refractivity contribution in [2.24, 2.45) is 0 Å². The molecule has 134 valence electrons. The standard InChI is InChI=1S/C18H24N4O2S/c1-2-22-16(9-23)20-21-17(22)11-7-12(8-11)19-18(24)14-10-25-15-6-4-3-5-13(14)15/h10-12,23H,2-9H2,1H3,(H,19,24). The van der Waals surface area contributed by atoms with E-state index >= 15 is 0 Å². The lowest BCUT2D eigenvalue weighted by atomic mass is 9.79. The predicted octanol–water partition coefficient (Wildman–Crippen LogP) is 2.41. The van der Waals surface area contributed by atoms with Crippen molar-refractivity contribution in [2.45, 2.75) is 70.6 Å². The number of thiophene rings is 1. The molecule has 1 fully saturated rings. The van der Waals surface area contributed by atoms with Gasteiger partial charge in [-0.05, 0) is 51.0 Å². The zero-order chi connectivity index (χ0) is 17.4. The molecule has 2 aliphatic carbocycles. The number of nitrogens with zero attached hydrogens (tertiary/aromatic N) is 3. The van der Waals surface area contributed by atoms with E-state index in [0.717, 1.165) is 43.6 Å². The smallest absolute Gasteiger partial charge is 0.252 e. The Labute approximate surface area is 151 Å². The normalized spacial score (nSPS) is 22.3. The topological polar surface area (TPSA) is 80.0 Å². The Morgan fingerprint density at radius 2 is 2.16 bits per heavy atom. The summed E-state index contributed by atoms with van der Waals surface area (Å²) < 4.78 is 1.98. The number of aryl methyl sites for hydroxylation is 1. The van der Waals surface area contributed by atoms with E-state index in [0.29, 0.717) is 11.7 Å². The average molecular weight is 360 g/mol. The third-order valence-corrected chi connectivity index (χ3v) is 6.55. The van der Waals surface area contributed by atoms with Crippen molar-refractivity contribution < 1.29 is 9.90 Å². The molecule has 0 spiro atoms. The lowest BCUT2D eigenvalue weighted by Gasteiger charge is -2.35. The van der Waals surface area contributed by atoms with Gasteiger partial charge in [0.05, 0.1) is 5.56 Å². The van der Waals surface area contributed by atoms with Crippen LogP contribution >= 0.6 is 11.3 Å². The molecule has 2 aromatic heterocycles. The summed E-state index contributed by atoms with van der Waals surface area (Å²) in [5.41, 5.74) is 2.17. The molecule has 2 N–H and O–H groups in total. The van der Waals surface area contributed by atoms with Crippen LogP contribution in [0.3, 0.4) is 0 Å². The molecule has 2 aliphatic rings. The molecule has 7 heteroatoms. The van der Waals surface area contributed by atoms with E-state index in [1.165, 1.54) is 23.3 Å². The first-order valence-electron chi connectivity index (χ1n) is 9.14. The minimum absolute atomic E-state index is 0.0795. The van der Waals surface area contributed by atoms with Gasteiger partial charge in [0, 0.05) is 28.8 Å². The molecule has 4 rings (SSSR count). The van der Waals surface area contributed by atoms with Crippen LogP contribution in [0, 0.1) is 0 Å². The highest BCUT2D eigenvalue weighted by molar-refractivity contribution is 7.10. The summed E-state index contributed by atoms with van der Waals surface area (Å²) in [6.45, 7) is 2.70. The van der Waals surface area contributed by atoms with Crippen LogP contribution in [0.15, 0.2) is 5.38 Å². The summed E-state index contributed by atoms with van der Waals surface area (Å²) in [6, 6.07) is 0.205. The molecule has 0 bridgehead atoms. The molecule has 1 amide bonds. The first-order valence-corrected chi connectivity index (χ1v) is 10.0. The Balaban J connectivity index is 1.38. The van der Waals surface area contributed by atoms with Crippen molar-refractivity contribution in [3.8, 4) is 0 Å². The summed E-state index contributed by atoms with van der Waals surface area (Å²) in [7, 11) is 0. The van der Waals surface area contributed by atoms with Crippen LogP contribution in [0.25, 0.3) is 0 Å². The summed E-state index contributed by atoms with van der Waals surface area (Å²) in [5, 5.41) is 22.9. The minimum Gasteiger partial charge on any atom is -0.388 e. The van der Waals surface area contributed by atoms with Crippen LogP contribution in [-0.4, -0.2) is 31.8 Å². The lowest BCUT2D eigenvalue weighted by molar-refractivity contribution is 0.0906. The van der Waals surface area contributed by atoms with E-state index in [-0.39, 0.29) is 18.6 Å². The summed E-state index contributed by atoms with van der Waals surface area (Å²) >= 11 is 1.73. The molecule has 2 heterocycles. The fourth-order valence-corrected chi connectivity index (χ4v) is 5.13. The minimum atomic E-state index is -0.0863. The second kappa shape index (κ2) is 6.88. The van der Waals surface area contributed by atoms with Crippen molar-refractivity contribution >= 4 is 17.2 Å². The maximum atomic E-state index is 12.6. The number of hydrogen-bond acceptors (Lipinski definition) is 5. The number of rotatable bonds is 5. The van der Waals surface area contributed by atoms with Crippen molar-refractivity contribution in [2.75, 3.05) is 0 Å². The van der Waals surface area contributed by atoms with E-state index < -0.39 is 0 Å². The SMILES string of the molecule is CCn1c(CO)nnc1C1CC(NC(=O)c2csc3c2CCCC3)C1. The zero-order valence-electron chi connectivity index (χ0n) is 14.5. The Morgan fingerprint density at radius 3 is 2.92 bits per heavy atom. The van der Waals surface area contributed by atoms with Gasteiger partial charge in [0.2, 0.25) is 0 Å². The Morgan fingerprint density at radius 1 is 1.36 bits per heavy atom. The quantitative estimate of drug-likeness (QED) is 0.858. The summed E-state index contributed by atoms with van der Waals surface area (Å²) in [4.78, 5) is 14.0. The van der Waals surface area contributed by atoms with E-state index in [4.69, 9.17) is 0 Å². The zero-order valence-corrected chi connectivity index (χ0v) is 15.3. The van der Waals surface area contributed by atoms with Gasteiger partial charge in [-0.2, -0.15) is 0 Å². The molecule has 0 saturated heterocycles. The average Bonchev–Trinajstić information content (AvgIpc) is 3.20. The van der Waals surface area contributed by atoms with Gasteiger partial charge >= 0.3 is 0 Å². The van der Waals surface area contributed by atoms with Gasteiger partial charge in [-0.1, -0.05) is 0 Å². The number of fused-ring (bicyclic) bond motifs is 1. The third-order valence-electron chi connectivity index (χ3n) is 5.46. The molecular weight excluding hydrogens is 336 g/mol. The second-order valence-electron chi connectivity index (χ2n) is 6.97. The summed E-state index contributed by atoms with van der Waals surface area (Å²) in [6.07, 6.45) is 6.38. The molecule has 0 atom stereocenters. The van der Waals surface area contributed by atoms with Crippen LogP contribution in [0.2, 0.25) is 0 Å². The highest BCUT2D eigenvalue weighted by Crippen LogP contribution is 2.37. The lowest BCUT2D eigenvalue weighted by Crippen LogP contribution is -2.44. The van der Waals surface area contributed by atoms with Gasteiger partial charge in [-0.15, -0.1) is 21.5 Å². The predicted molar refractivity (Wildman–Crippen MR) is 95.8 cm³/mol. The van der Waals surface area contributed by atoms with E-state index in [1.54, 1.807) is 11.3 Å². The molecule has 0 unspecified atom stereocenters. The number of amides is 1. The van der Waals surface area contributed by atoms with Crippen LogP contribution in [0.1, 0.15) is 71.0 Å². The number of aliphatic hydroxyl groups excluding tert-OH is 1. The van der Waals surface area contributed by atoms with Gasteiger partial charge in [0.15, 0.2) is 5.82 Å². The molecule has 0 radical (unpaired) electrons. The van der Waals surface area contributed by atoms with Crippen molar-refractivity contribution in [1.82, 2.24) is 20.1 Å². The fourth-order valence-electron chi connectivity index (χ4n) is 4.01. The maximum Gasteiger partial charge on any atom is 0.252 e. The number of nitrogens with one attached hydrogen (secondary N) is 1. The number of aliphatic hydroxyl groups is 1. The fraction of sp³-hybridized carbons (Fsp3) is 0.611. The van der Waals surface area contributed by atoms with Gasteiger partial charge in [-0.25, -0.2) is 0 Å². The van der Waals surface area contributed by atoms with E-state index in [2.05, 4.69) is 15.5 Å². The highest BCUT2D eigenvalue weighted by Gasteiger charge is 2.35. The molecular formula is C18H24N4O2S. The molecule has 0 aliphatic heterocycles. The Hall–Kier alpha value is -1.73. The first-order chi connectivity index (χ1) is 12.2. The van der Waals surface area contributed by atoms with Crippen LogP contribution < -0.4 is 5.32 Å². The third kappa shape index (κ3) is 3.00. The molecule has 25 heavy (non-hydrogen) atoms. The Kier molecular flexibility index (Phi) is 4.60. The largest absolute Gasteiger partial charge is 0.388 e. The van der Waals surface area contributed by atoms with Gasteiger partial charge in [0.25, 0.3) is 5.91 Å². The molecule has 2 aromatic rings. The number of carbonyl (C=O) groups is 1. The second-order valence-corrected chi connectivity index (χ2v) is 7.94. The molecule has 0 aromatic carbocycles. The van der Waals surface area contributed by atoms with Crippen molar-refractivity contribution in [3.63, 3.8) is 0 Å². The van der Waals surface area contributed by atoms with Crippen molar-refractivity contribution in [1.29, 1.82) is 0 Å². The maximum absolute atomic E-state index is 12.6. The van der Waals surface area contributed by atoms with Crippen LogP contribution in [-0.2, 0) is 26.0 Å². The number of aromatic nitrogens is 3. The summed E-state index contributed by atoms with van der Waals surface area (Å²) in [5.74, 6) is 1.95. The van der Waals surface area contributed by atoms with Gasteiger partial charge < -0.3 is 15.0 Å². The highest BCUT2D eigenvalue weighted by atomic mass is 32.1. The van der Waals surface area contributed by atoms with Crippen LogP contribution in [0.5, 0.6) is 0 Å². The van der Waals surface area contributed by atoms with Crippen molar-refractivity contribution in [3.05, 3.63) is 33.0 Å². The molecule has 6 nitrogen and oxygen atoms in total.